The van der Waals surface area contributed by atoms with Gasteiger partial charge in [0.1, 0.15) is 11.6 Å². The Hall–Kier alpha value is -2.67. The summed E-state index contributed by atoms with van der Waals surface area (Å²) in [6.45, 7) is 6.76. The average molecular weight is 394 g/mol. The van der Waals surface area contributed by atoms with Gasteiger partial charge in [-0.25, -0.2) is 4.98 Å². The lowest BCUT2D eigenvalue weighted by Crippen LogP contribution is -2.29. The number of aromatic nitrogens is 3. The zero-order valence-corrected chi connectivity index (χ0v) is 17.1. The highest BCUT2D eigenvalue weighted by Crippen LogP contribution is 2.37. The van der Waals surface area contributed by atoms with E-state index in [4.69, 9.17) is 14.2 Å². The van der Waals surface area contributed by atoms with Gasteiger partial charge in [0.05, 0.1) is 28.9 Å². The molecule has 2 saturated heterocycles. The van der Waals surface area contributed by atoms with Crippen LogP contribution in [0.25, 0.3) is 22.2 Å². The van der Waals surface area contributed by atoms with Crippen LogP contribution in [0.5, 0.6) is 0 Å². The molecule has 1 N–H and O–H groups in total. The first-order valence-electron chi connectivity index (χ1n) is 10.4. The number of amides is 1. The number of hydrogen-bond donors (Lipinski definition) is 1. The number of imidazole rings is 1. The largest absolute Gasteiger partial charge is 0.378 e. The summed E-state index contributed by atoms with van der Waals surface area (Å²) < 4.78 is 13.5. The Morgan fingerprint density at radius 2 is 2.10 bits per heavy atom. The normalized spacial score (nSPS) is 24.9. The van der Waals surface area contributed by atoms with E-state index in [1.165, 1.54) is 0 Å². The van der Waals surface area contributed by atoms with Gasteiger partial charge in [-0.3, -0.25) is 4.79 Å². The quantitative estimate of drug-likeness (QED) is 0.726. The third kappa shape index (κ3) is 3.13. The highest BCUT2D eigenvalue weighted by molar-refractivity contribution is 5.84. The molecule has 5 rings (SSSR count). The third-order valence-electron chi connectivity index (χ3n) is 6.17. The van der Waals surface area contributed by atoms with Crippen molar-refractivity contribution in [2.45, 2.75) is 64.6 Å². The highest BCUT2D eigenvalue weighted by atomic mass is 16.5. The van der Waals surface area contributed by atoms with Gasteiger partial charge >= 0.3 is 0 Å². The van der Waals surface area contributed by atoms with Crippen LogP contribution in [0.1, 0.15) is 62.0 Å². The van der Waals surface area contributed by atoms with Crippen LogP contribution in [0.3, 0.4) is 0 Å². The SMILES string of the molecule is Cc1noc(C)c1-c1ccc2c(c1)nc([C@@H]1CCC(=O)N1)n2C1CCOC(C)C1. The van der Waals surface area contributed by atoms with Gasteiger partial charge in [-0.05, 0) is 57.7 Å². The number of carbonyl (C=O) groups is 1. The van der Waals surface area contributed by atoms with Gasteiger partial charge in [0.2, 0.25) is 5.91 Å². The Balaban J connectivity index is 1.65. The lowest BCUT2D eigenvalue weighted by molar-refractivity contribution is -0.119. The number of carbonyl (C=O) groups excluding carboxylic acids is 1. The van der Waals surface area contributed by atoms with Crippen LogP contribution in [-0.2, 0) is 9.53 Å². The smallest absolute Gasteiger partial charge is 0.220 e. The van der Waals surface area contributed by atoms with Gasteiger partial charge in [0.25, 0.3) is 0 Å². The first-order chi connectivity index (χ1) is 14.0. The molecule has 3 aromatic rings. The molecule has 0 bridgehead atoms. The monoisotopic (exact) mass is 394 g/mol. The van der Waals surface area contributed by atoms with Crippen molar-refractivity contribution in [3.8, 4) is 11.1 Å². The standard InChI is InChI=1S/C22H26N4O3/c1-12-10-16(8-9-28-12)26-19-6-4-15(21-13(2)25-29-14(21)3)11-18(19)24-22(26)17-5-7-20(27)23-17/h4,6,11-12,16-17H,5,7-10H2,1-3H3,(H,23,27)/t12?,16?,17-/m0/s1. The maximum Gasteiger partial charge on any atom is 0.220 e. The third-order valence-corrected chi connectivity index (χ3v) is 6.17. The molecule has 0 spiro atoms. The van der Waals surface area contributed by atoms with Crippen molar-refractivity contribution in [2.24, 2.45) is 0 Å². The van der Waals surface area contributed by atoms with E-state index < -0.39 is 0 Å². The number of rotatable bonds is 3. The topological polar surface area (TPSA) is 82.2 Å². The van der Waals surface area contributed by atoms with Crippen LogP contribution in [0.15, 0.2) is 22.7 Å². The molecule has 2 aliphatic heterocycles. The fraction of sp³-hybridized carbons (Fsp3) is 0.500. The zero-order chi connectivity index (χ0) is 20.1. The molecule has 3 atom stereocenters. The molecular weight excluding hydrogens is 368 g/mol. The van der Waals surface area contributed by atoms with Crippen LogP contribution >= 0.6 is 0 Å². The number of hydrogen-bond acceptors (Lipinski definition) is 5. The fourth-order valence-electron chi connectivity index (χ4n) is 4.81. The van der Waals surface area contributed by atoms with Crippen LogP contribution in [-0.4, -0.2) is 33.3 Å². The molecule has 7 heteroatoms. The minimum absolute atomic E-state index is 0.0319. The molecule has 152 valence electrons. The molecule has 1 amide bonds. The second-order valence-electron chi connectivity index (χ2n) is 8.26. The van der Waals surface area contributed by atoms with E-state index in [-0.39, 0.29) is 18.1 Å². The van der Waals surface area contributed by atoms with Crippen LogP contribution < -0.4 is 5.32 Å². The molecule has 4 heterocycles. The Morgan fingerprint density at radius 1 is 1.24 bits per heavy atom. The molecular formula is C22H26N4O3. The molecule has 0 radical (unpaired) electrons. The fourth-order valence-corrected chi connectivity index (χ4v) is 4.81. The minimum Gasteiger partial charge on any atom is -0.378 e. The molecule has 1 aromatic carbocycles. The molecule has 29 heavy (non-hydrogen) atoms. The van der Waals surface area contributed by atoms with E-state index in [0.717, 1.165) is 65.3 Å². The van der Waals surface area contributed by atoms with E-state index in [9.17, 15) is 4.79 Å². The average Bonchev–Trinajstić information content (AvgIpc) is 3.38. The number of ether oxygens (including phenoxy) is 1. The van der Waals surface area contributed by atoms with Crippen LogP contribution in [0.4, 0.5) is 0 Å². The van der Waals surface area contributed by atoms with E-state index in [2.05, 4.69) is 40.2 Å². The first kappa shape index (κ1) is 18.4. The summed E-state index contributed by atoms with van der Waals surface area (Å²) in [6, 6.07) is 6.66. The molecule has 0 aliphatic carbocycles. The van der Waals surface area contributed by atoms with Gasteiger partial charge < -0.3 is 19.1 Å². The lowest BCUT2D eigenvalue weighted by Gasteiger charge is -2.30. The number of aryl methyl sites for hydroxylation is 2. The number of nitrogens with one attached hydrogen (secondary N) is 1. The van der Waals surface area contributed by atoms with Crippen molar-refractivity contribution in [2.75, 3.05) is 6.61 Å². The van der Waals surface area contributed by atoms with E-state index >= 15 is 0 Å². The summed E-state index contributed by atoms with van der Waals surface area (Å²) in [5.41, 5.74) is 5.01. The number of fused-ring (bicyclic) bond motifs is 1. The van der Waals surface area contributed by atoms with Crippen molar-refractivity contribution >= 4 is 16.9 Å². The summed E-state index contributed by atoms with van der Waals surface area (Å²) in [5, 5.41) is 7.19. The predicted octanol–water partition coefficient (Wildman–Crippen LogP) is 4.00. The Bertz CT molecular complexity index is 1060. The summed E-state index contributed by atoms with van der Waals surface area (Å²) in [4.78, 5) is 16.9. The maximum atomic E-state index is 11.9. The number of benzene rings is 1. The van der Waals surface area contributed by atoms with Crippen molar-refractivity contribution in [3.05, 3.63) is 35.5 Å². The zero-order valence-electron chi connectivity index (χ0n) is 17.1. The van der Waals surface area contributed by atoms with Crippen LogP contribution in [0.2, 0.25) is 0 Å². The molecule has 2 aromatic heterocycles. The van der Waals surface area contributed by atoms with Crippen LogP contribution in [0, 0.1) is 13.8 Å². The maximum absolute atomic E-state index is 11.9. The summed E-state index contributed by atoms with van der Waals surface area (Å²) in [7, 11) is 0. The summed E-state index contributed by atoms with van der Waals surface area (Å²) in [6.07, 6.45) is 3.47. The molecule has 2 fully saturated rings. The van der Waals surface area contributed by atoms with E-state index in [1.54, 1.807) is 0 Å². The highest BCUT2D eigenvalue weighted by Gasteiger charge is 2.32. The molecule has 0 saturated carbocycles. The van der Waals surface area contributed by atoms with E-state index in [0.29, 0.717) is 12.5 Å². The van der Waals surface area contributed by atoms with E-state index in [1.807, 2.05) is 13.8 Å². The van der Waals surface area contributed by atoms with Crippen molar-refractivity contribution in [1.82, 2.24) is 20.0 Å². The second-order valence-corrected chi connectivity index (χ2v) is 8.26. The molecule has 2 aliphatic rings. The lowest BCUT2D eigenvalue weighted by atomic mass is 10.0. The Labute approximate surface area is 169 Å². The van der Waals surface area contributed by atoms with Gasteiger partial charge in [0, 0.05) is 24.6 Å². The van der Waals surface area contributed by atoms with Gasteiger partial charge in [0.15, 0.2) is 0 Å². The number of nitrogens with zero attached hydrogens (tertiary/aromatic N) is 3. The second kappa shape index (κ2) is 6.99. The predicted molar refractivity (Wildman–Crippen MR) is 109 cm³/mol. The van der Waals surface area contributed by atoms with Crippen molar-refractivity contribution < 1.29 is 14.1 Å². The first-order valence-corrected chi connectivity index (χ1v) is 10.4. The van der Waals surface area contributed by atoms with Gasteiger partial charge in [-0.1, -0.05) is 11.2 Å². The van der Waals surface area contributed by atoms with Crippen molar-refractivity contribution in [1.29, 1.82) is 0 Å². The van der Waals surface area contributed by atoms with Crippen molar-refractivity contribution in [3.63, 3.8) is 0 Å². The van der Waals surface area contributed by atoms with Gasteiger partial charge in [-0.2, -0.15) is 0 Å². The molecule has 2 unspecified atom stereocenters. The minimum atomic E-state index is -0.0319. The summed E-state index contributed by atoms with van der Waals surface area (Å²) in [5.74, 6) is 1.87. The summed E-state index contributed by atoms with van der Waals surface area (Å²) >= 11 is 0. The Morgan fingerprint density at radius 3 is 2.79 bits per heavy atom. The van der Waals surface area contributed by atoms with Gasteiger partial charge in [-0.15, -0.1) is 0 Å². The Kier molecular flexibility index (Phi) is 4.42. The molecule has 7 nitrogen and oxygen atoms in total.